The first-order chi connectivity index (χ1) is 16.2. The molecule has 0 aliphatic carbocycles. The molecule has 2 aromatic rings. The number of anilines is 1. The lowest BCUT2D eigenvalue weighted by atomic mass is 10.0. The van der Waals surface area contributed by atoms with E-state index in [0.717, 1.165) is 36.7 Å². The molecule has 0 radical (unpaired) electrons. The van der Waals surface area contributed by atoms with Crippen LogP contribution >= 0.6 is 0 Å². The molecule has 0 unspecified atom stereocenters. The molecule has 0 amide bonds. The molecule has 0 saturated carbocycles. The third-order valence-electron chi connectivity index (χ3n) is 6.47. The van der Waals surface area contributed by atoms with E-state index in [4.69, 9.17) is 4.99 Å². The summed E-state index contributed by atoms with van der Waals surface area (Å²) in [5.74, 6) is 2.37. The number of hydrazine groups is 1. The Balaban J connectivity index is 1.21. The van der Waals surface area contributed by atoms with Gasteiger partial charge in [-0.3, -0.25) is 14.9 Å². The second-order valence-electron chi connectivity index (χ2n) is 8.77. The number of halogens is 1. The van der Waals surface area contributed by atoms with Gasteiger partial charge >= 0.3 is 0 Å². The average Bonchev–Trinajstić information content (AvgIpc) is 2.82. The van der Waals surface area contributed by atoms with Crippen LogP contribution in [0, 0.1) is 5.82 Å². The molecule has 8 nitrogen and oxygen atoms in total. The topological polar surface area (TPSA) is 71.9 Å². The molecule has 33 heavy (non-hydrogen) atoms. The molecule has 0 spiro atoms. The molecule has 1 aromatic carbocycles. The number of amidine groups is 1. The van der Waals surface area contributed by atoms with E-state index >= 15 is 0 Å². The lowest BCUT2D eigenvalue weighted by Crippen LogP contribution is -2.62. The van der Waals surface area contributed by atoms with Crippen molar-refractivity contribution >= 4 is 11.7 Å². The van der Waals surface area contributed by atoms with Crippen molar-refractivity contribution in [2.75, 3.05) is 44.7 Å². The Morgan fingerprint density at radius 1 is 1.03 bits per heavy atom. The monoisotopic (exact) mass is 450 g/mol. The van der Waals surface area contributed by atoms with E-state index in [1.54, 1.807) is 18.6 Å². The average molecular weight is 451 g/mol. The van der Waals surface area contributed by atoms with E-state index < -0.39 is 0 Å². The van der Waals surface area contributed by atoms with E-state index in [9.17, 15) is 4.39 Å². The molecule has 9 heteroatoms. The van der Waals surface area contributed by atoms with Crippen LogP contribution in [0.3, 0.4) is 0 Å². The molecule has 1 aromatic heterocycles. The Kier molecular flexibility index (Phi) is 6.78. The second kappa shape index (κ2) is 10.3. The number of hydrogen-bond acceptors (Lipinski definition) is 8. The molecule has 174 valence electrons. The summed E-state index contributed by atoms with van der Waals surface area (Å²) in [5.41, 5.74) is 4.52. The van der Waals surface area contributed by atoms with E-state index in [1.807, 2.05) is 17.1 Å². The lowest BCUT2D eigenvalue weighted by molar-refractivity contribution is 0.0643. The van der Waals surface area contributed by atoms with Crippen LogP contribution in [0.2, 0.25) is 0 Å². The summed E-state index contributed by atoms with van der Waals surface area (Å²) in [6.07, 6.45) is 11.9. The summed E-state index contributed by atoms with van der Waals surface area (Å²) in [6, 6.07) is 7.28. The standard InChI is InChI=1S/C24H31FN8/c25-20-6-4-19(5-7-20)8-9-29-33-18-28-23(14-24(33)30-22-15-26-10-11-27-22)32-16-21(17-32)31-12-2-1-3-13-31/h4-7,10-11,14-15,21,29H,1-3,8-9,12-13,16-18H2,(H,27,30). The molecule has 4 heterocycles. The number of aliphatic imine (C=N–C) groups is 1. The van der Waals surface area contributed by atoms with Crippen molar-refractivity contribution in [2.24, 2.45) is 4.99 Å². The maximum atomic E-state index is 13.2. The Labute approximate surface area is 194 Å². The zero-order valence-electron chi connectivity index (χ0n) is 18.8. The van der Waals surface area contributed by atoms with Crippen molar-refractivity contribution < 1.29 is 4.39 Å². The maximum absolute atomic E-state index is 13.2. The molecule has 2 fully saturated rings. The Hall–Kier alpha value is -3.04. The molecule has 3 aliphatic heterocycles. The third-order valence-corrected chi connectivity index (χ3v) is 6.47. The molecule has 0 bridgehead atoms. The second-order valence-corrected chi connectivity index (χ2v) is 8.77. The van der Waals surface area contributed by atoms with E-state index in [1.165, 1.54) is 44.5 Å². The first-order valence-corrected chi connectivity index (χ1v) is 11.8. The van der Waals surface area contributed by atoms with Gasteiger partial charge in [-0.2, -0.15) is 0 Å². The van der Waals surface area contributed by atoms with Gasteiger partial charge in [0.05, 0.1) is 6.20 Å². The fourth-order valence-corrected chi connectivity index (χ4v) is 4.53. The van der Waals surface area contributed by atoms with Crippen molar-refractivity contribution in [3.05, 3.63) is 66.1 Å². The molecular formula is C24H31FN8. The summed E-state index contributed by atoms with van der Waals surface area (Å²) in [4.78, 5) is 18.3. The highest BCUT2D eigenvalue weighted by molar-refractivity contribution is 5.95. The van der Waals surface area contributed by atoms with Crippen LogP contribution in [0.1, 0.15) is 24.8 Å². The zero-order chi connectivity index (χ0) is 22.5. The minimum absolute atomic E-state index is 0.212. The Morgan fingerprint density at radius 2 is 1.85 bits per heavy atom. The number of likely N-dealkylation sites (tertiary alicyclic amines) is 2. The number of hydrogen-bond donors (Lipinski definition) is 2. The van der Waals surface area contributed by atoms with Gasteiger partial charge in [-0.1, -0.05) is 18.6 Å². The summed E-state index contributed by atoms with van der Waals surface area (Å²) in [5, 5.41) is 5.37. The predicted molar refractivity (Wildman–Crippen MR) is 127 cm³/mol. The van der Waals surface area contributed by atoms with Gasteiger partial charge in [-0.05, 0) is 50.0 Å². The van der Waals surface area contributed by atoms with Gasteiger partial charge in [-0.25, -0.2) is 19.8 Å². The maximum Gasteiger partial charge on any atom is 0.149 e. The SMILES string of the molecule is Fc1ccc(CCNN2CN=C(N3CC(N4CCCCC4)C3)C=C2Nc2cnccn2)cc1. The van der Waals surface area contributed by atoms with Crippen LogP contribution in [0.5, 0.6) is 0 Å². The van der Waals surface area contributed by atoms with Gasteiger partial charge in [0.15, 0.2) is 0 Å². The van der Waals surface area contributed by atoms with E-state index in [2.05, 4.69) is 36.6 Å². The summed E-state index contributed by atoms with van der Waals surface area (Å²) in [6.45, 7) is 5.73. The molecule has 5 rings (SSSR count). The Bertz CT molecular complexity index is 966. The quantitative estimate of drug-likeness (QED) is 0.671. The van der Waals surface area contributed by atoms with Gasteiger partial charge in [0.2, 0.25) is 0 Å². The zero-order valence-corrected chi connectivity index (χ0v) is 18.8. The molecule has 2 N–H and O–H groups in total. The van der Waals surface area contributed by atoms with Crippen molar-refractivity contribution in [2.45, 2.75) is 31.7 Å². The van der Waals surface area contributed by atoms with Crippen LogP contribution in [0.15, 0.2) is 59.7 Å². The van der Waals surface area contributed by atoms with Crippen LogP contribution in [0.25, 0.3) is 0 Å². The molecule has 2 saturated heterocycles. The number of nitrogens with zero attached hydrogens (tertiary/aromatic N) is 6. The highest BCUT2D eigenvalue weighted by atomic mass is 19.1. The first-order valence-electron chi connectivity index (χ1n) is 11.8. The molecule has 0 atom stereocenters. The molecular weight excluding hydrogens is 419 g/mol. The largest absolute Gasteiger partial charge is 0.353 e. The normalized spacial score (nSPS) is 19.7. The van der Waals surface area contributed by atoms with E-state index in [-0.39, 0.29) is 5.82 Å². The van der Waals surface area contributed by atoms with E-state index in [0.29, 0.717) is 25.1 Å². The predicted octanol–water partition coefficient (Wildman–Crippen LogP) is 2.46. The minimum Gasteiger partial charge on any atom is -0.353 e. The number of aromatic nitrogens is 2. The van der Waals surface area contributed by atoms with Gasteiger partial charge in [0, 0.05) is 44.1 Å². The van der Waals surface area contributed by atoms with Crippen LogP contribution in [-0.2, 0) is 6.42 Å². The van der Waals surface area contributed by atoms with Gasteiger partial charge in [-0.15, -0.1) is 0 Å². The van der Waals surface area contributed by atoms with Crippen molar-refractivity contribution in [1.82, 2.24) is 30.2 Å². The van der Waals surface area contributed by atoms with Gasteiger partial charge < -0.3 is 10.2 Å². The van der Waals surface area contributed by atoms with Gasteiger partial charge in [0.1, 0.15) is 30.0 Å². The number of nitrogens with one attached hydrogen (secondary N) is 2. The number of benzene rings is 1. The number of rotatable bonds is 7. The van der Waals surface area contributed by atoms with Crippen molar-refractivity contribution in [1.29, 1.82) is 0 Å². The highest BCUT2D eigenvalue weighted by Gasteiger charge is 2.34. The third kappa shape index (κ3) is 5.48. The van der Waals surface area contributed by atoms with Crippen molar-refractivity contribution in [3.8, 4) is 0 Å². The smallest absolute Gasteiger partial charge is 0.149 e. The Morgan fingerprint density at radius 3 is 2.61 bits per heavy atom. The van der Waals surface area contributed by atoms with Crippen LogP contribution in [-0.4, -0.2) is 76.0 Å². The number of piperidine rings is 1. The van der Waals surface area contributed by atoms with Crippen molar-refractivity contribution in [3.63, 3.8) is 0 Å². The molecule has 3 aliphatic rings. The summed E-state index contributed by atoms with van der Waals surface area (Å²) in [7, 11) is 0. The minimum atomic E-state index is -0.212. The fraction of sp³-hybridized carbons (Fsp3) is 0.458. The summed E-state index contributed by atoms with van der Waals surface area (Å²) >= 11 is 0. The fourth-order valence-electron chi connectivity index (χ4n) is 4.53. The van der Waals surface area contributed by atoms with Crippen LogP contribution in [0.4, 0.5) is 10.2 Å². The lowest BCUT2D eigenvalue weighted by Gasteiger charge is -2.48. The highest BCUT2D eigenvalue weighted by Crippen LogP contribution is 2.22. The van der Waals surface area contributed by atoms with Crippen LogP contribution < -0.4 is 10.7 Å². The first kappa shape index (κ1) is 21.8. The van der Waals surface area contributed by atoms with Gasteiger partial charge in [0.25, 0.3) is 0 Å². The summed E-state index contributed by atoms with van der Waals surface area (Å²) < 4.78 is 13.2.